The van der Waals surface area contributed by atoms with Crippen LogP contribution < -0.4 is 0 Å². The summed E-state index contributed by atoms with van der Waals surface area (Å²) in [6, 6.07) is 4.37. The maximum absolute atomic E-state index is 11.7. The van der Waals surface area contributed by atoms with E-state index in [0.29, 0.717) is 5.92 Å². The summed E-state index contributed by atoms with van der Waals surface area (Å²) in [5, 5.41) is 0. The lowest BCUT2D eigenvalue weighted by Crippen LogP contribution is -2.30. The number of ketones is 1. The second-order valence-corrected chi connectivity index (χ2v) is 6.93. The van der Waals surface area contributed by atoms with Crippen molar-refractivity contribution in [3.05, 3.63) is 34.4 Å². The lowest BCUT2D eigenvalue weighted by atomic mass is 9.71. The van der Waals surface area contributed by atoms with Gasteiger partial charge in [0, 0.05) is 5.56 Å². The van der Waals surface area contributed by atoms with Gasteiger partial charge in [0.2, 0.25) is 0 Å². The molecule has 0 bridgehead atoms. The number of hydrogen-bond acceptors (Lipinski definition) is 1. The Kier molecular flexibility index (Phi) is 2.73. The van der Waals surface area contributed by atoms with Crippen molar-refractivity contribution in [3.8, 4) is 0 Å². The third-order valence-corrected chi connectivity index (χ3v) is 5.30. The predicted octanol–water partition coefficient (Wildman–Crippen LogP) is 4.40. The molecule has 0 saturated heterocycles. The second kappa shape index (κ2) is 3.69. The van der Waals surface area contributed by atoms with Gasteiger partial charge in [-0.2, -0.15) is 0 Å². The van der Waals surface area contributed by atoms with Gasteiger partial charge in [-0.15, -0.1) is 0 Å². The molecule has 1 aromatic rings. The van der Waals surface area contributed by atoms with Gasteiger partial charge in [0.05, 0.1) is 0 Å². The van der Waals surface area contributed by atoms with Crippen LogP contribution in [0, 0.1) is 12.8 Å². The molecule has 0 heterocycles. The van der Waals surface area contributed by atoms with Crippen molar-refractivity contribution in [2.75, 3.05) is 0 Å². The summed E-state index contributed by atoms with van der Waals surface area (Å²) < 4.78 is 0. The fourth-order valence-electron chi connectivity index (χ4n) is 3.52. The number of rotatable bonds is 1. The van der Waals surface area contributed by atoms with Crippen LogP contribution in [0.2, 0.25) is 0 Å². The summed E-state index contributed by atoms with van der Waals surface area (Å²) in [5.74, 6) is 0.741. The van der Waals surface area contributed by atoms with Crippen LogP contribution in [0.25, 0.3) is 0 Å². The monoisotopic (exact) mass is 244 g/mol. The van der Waals surface area contributed by atoms with Crippen LogP contribution in [0.4, 0.5) is 0 Å². The van der Waals surface area contributed by atoms with E-state index in [0.717, 1.165) is 11.1 Å². The molecule has 0 saturated carbocycles. The van der Waals surface area contributed by atoms with Crippen LogP contribution in [0.5, 0.6) is 0 Å². The molecule has 1 aromatic carbocycles. The largest absolute Gasteiger partial charge is 0.295 e. The van der Waals surface area contributed by atoms with Gasteiger partial charge in [-0.3, -0.25) is 4.79 Å². The lowest BCUT2D eigenvalue weighted by Gasteiger charge is -2.32. The average molecular weight is 244 g/mol. The molecular weight excluding hydrogens is 220 g/mol. The highest BCUT2D eigenvalue weighted by Gasteiger charge is 2.48. The minimum atomic E-state index is 0.136. The average Bonchev–Trinajstić information content (AvgIpc) is 2.37. The Morgan fingerprint density at radius 3 is 1.94 bits per heavy atom. The highest BCUT2D eigenvalue weighted by molar-refractivity contribution is 5.96. The van der Waals surface area contributed by atoms with E-state index >= 15 is 0 Å². The zero-order valence-electron chi connectivity index (χ0n) is 12.6. The Labute approximate surface area is 111 Å². The molecule has 0 fully saturated rings. The van der Waals surface area contributed by atoms with Crippen LogP contribution in [0.1, 0.15) is 68.6 Å². The molecule has 1 aliphatic carbocycles. The summed E-state index contributed by atoms with van der Waals surface area (Å²) in [6.45, 7) is 15.3. The summed E-state index contributed by atoms with van der Waals surface area (Å²) in [7, 11) is 0. The van der Waals surface area contributed by atoms with E-state index < -0.39 is 0 Å². The Balaban J connectivity index is 2.76. The second-order valence-electron chi connectivity index (χ2n) is 6.93. The predicted molar refractivity (Wildman–Crippen MR) is 76.4 cm³/mol. The molecule has 1 nitrogen and oxygen atoms in total. The molecule has 0 N–H and O–H groups in total. The van der Waals surface area contributed by atoms with E-state index in [-0.39, 0.29) is 16.6 Å². The first-order chi connectivity index (χ1) is 8.10. The molecule has 1 heteroatoms. The number of carbonyl (C=O) groups excluding carboxylic acids is 1. The van der Waals surface area contributed by atoms with Crippen molar-refractivity contribution >= 4 is 5.78 Å². The van der Waals surface area contributed by atoms with Crippen molar-refractivity contribution in [2.45, 2.75) is 59.3 Å². The van der Waals surface area contributed by atoms with E-state index in [9.17, 15) is 4.79 Å². The van der Waals surface area contributed by atoms with Crippen LogP contribution in [0.15, 0.2) is 12.1 Å². The molecule has 1 aliphatic rings. The highest BCUT2D eigenvalue weighted by Crippen LogP contribution is 2.53. The number of aryl methyl sites for hydroxylation is 1. The SMILES string of the molecule is CC(=O)c1cc2c(cc1C)C(C)(C)[C@H](C)C2(C)C. The van der Waals surface area contributed by atoms with Gasteiger partial charge in [-0.05, 0) is 53.4 Å². The van der Waals surface area contributed by atoms with Gasteiger partial charge in [0.15, 0.2) is 5.78 Å². The van der Waals surface area contributed by atoms with Gasteiger partial charge >= 0.3 is 0 Å². The molecular formula is C17H24O. The molecule has 1 atom stereocenters. The number of fused-ring (bicyclic) bond motifs is 1. The van der Waals surface area contributed by atoms with Crippen LogP contribution >= 0.6 is 0 Å². The molecule has 0 spiro atoms. The summed E-state index contributed by atoms with van der Waals surface area (Å²) in [6.07, 6.45) is 0. The summed E-state index contributed by atoms with van der Waals surface area (Å²) in [5.41, 5.74) is 5.08. The van der Waals surface area contributed by atoms with E-state index in [1.165, 1.54) is 11.1 Å². The number of benzene rings is 1. The topological polar surface area (TPSA) is 17.1 Å². The van der Waals surface area contributed by atoms with Gasteiger partial charge in [0.1, 0.15) is 0 Å². The van der Waals surface area contributed by atoms with E-state index in [1.54, 1.807) is 6.92 Å². The number of Topliss-reactive ketones (excluding diaryl/α,β-unsaturated/α-hetero) is 1. The summed E-state index contributed by atoms with van der Waals surface area (Å²) >= 11 is 0. The van der Waals surface area contributed by atoms with Gasteiger partial charge < -0.3 is 0 Å². The van der Waals surface area contributed by atoms with E-state index in [4.69, 9.17) is 0 Å². The molecule has 0 radical (unpaired) electrons. The first kappa shape index (κ1) is 13.3. The molecule has 0 unspecified atom stereocenters. The smallest absolute Gasteiger partial charge is 0.160 e. The molecule has 98 valence electrons. The molecule has 0 amide bonds. The molecule has 2 rings (SSSR count). The fraction of sp³-hybridized carbons (Fsp3) is 0.588. The van der Waals surface area contributed by atoms with Crippen molar-refractivity contribution in [2.24, 2.45) is 5.92 Å². The van der Waals surface area contributed by atoms with Crippen LogP contribution in [-0.2, 0) is 10.8 Å². The maximum atomic E-state index is 11.7. The highest BCUT2D eigenvalue weighted by atomic mass is 16.1. The quantitative estimate of drug-likeness (QED) is 0.669. The molecule has 0 aromatic heterocycles. The molecule has 0 aliphatic heterocycles. The Morgan fingerprint density at radius 1 is 1.06 bits per heavy atom. The maximum Gasteiger partial charge on any atom is 0.160 e. The third kappa shape index (κ3) is 1.56. The fourth-order valence-corrected chi connectivity index (χ4v) is 3.52. The minimum absolute atomic E-state index is 0.136. The van der Waals surface area contributed by atoms with Gasteiger partial charge in [-0.25, -0.2) is 0 Å². The lowest BCUT2D eigenvalue weighted by molar-refractivity contribution is 0.101. The Morgan fingerprint density at radius 2 is 1.50 bits per heavy atom. The standard InChI is InChI=1S/C17H24O/c1-10-8-14-15(9-13(10)11(2)18)17(6,7)12(3)16(14,4)5/h8-9,12H,1-7H3/t12-/m0/s1. The first-order valence-corrected chi connectivity index (χ1v) is 6.76. The third-order valence-electron chi connectivity index (χ3n) is 5.30. The Hall–Kier alpha value is -1.11. The minimum Gasteiger partial charge on any atom is -0.295 e. The van der Waals surface area contributed by atoms with E-state index in [1.807, 2.05) is 6.92 Å². The first-order valence-electron chi connectivity index (χ1n) is 6.76. The van der Waals surface area contributed by atoms with Gasteiger partial charge in [-0.1, -0.05) is 40.7 Å². The van der Waals surface area contributed by atoms with Crippen LogP contribution in [-0.4, -0.2) is 5.78 Å². The number of hydrogen-bond donors (Lipinski definition) is 0. The number of carbonyl (C=O) groups is 1. The normalized spacial score (nSPS) is 23.8. The van der Waals surface area contributed by atoms with Crippen molar-refractivity contribution < 1.29 is 4.79 Å². The zero-order chi connectivity index (χ0) is 13.9. The van der Waals surface area contributed by atoms with Crippen molar-refractivity contribution in [1.82, 2.24) is 0 Å². The Bertz CT molecular complexity index is 521. The van der Waals surface area contributed by atoms with Crippen molar-refractivity contribution in [3.63, 3.8) is 0 Å². The van der Waals surface area contributed by atoms with Gasteiger partial charge in [0.25, 0.3) is 0 Å². The summed E-state index contributed by atoms with van der Waals surface area (Å²) in [4.78, 5) is 11.7. The van der Waals surface area contributed by atoms with Crippen molar-refractivity contribution in [1.29, 1.82) is 0 Å². The van der Waals surface area contributed by atoms with Crippen LogP contribution in [0.3, 0.4) is 0 Å². The zero-order valence-corrected chi connectivity index (χ0v) is 12.6. The van der Waals surface area contributed by atoms with E-state index in [2.05, 4.69) is 46.8 Å². The molecule has 18 heavy (non-hydrogen) atoms.